The van der Waals surface area contributed by atoms with E-state index >= 15 is 0 Å². The van der Waals surface area contributed by atoms with E-state index in [9.17, 15) is 13.6 Å². The molecule has 32 heavy (non-hydrogen) atoms. The first kappa shape index (κ1) is 22.8. The molecule has 0 unspecified atom stereocenters. The Labute approximate surface area is 194 Å². The number of aliphatic carboxylic acids is 1. The smallest absolute Gasteiger partial charge is 0.328 e. The molecule has 168 valence electrons. The summed E-state index contributed by atoms with van der Waals surface area (Å²) >= 11 is 13.3. The summed E-state index contributed by atoms with van der Waals surface area (Å²) in [5.74, 6) is -4.01. The largest absolute Gasteiger partial charge is 0.478 e. The Morgan fingerprint density at radius 1 is 1.28 bits per heavy atom. The molecule has 1 aliphatic heterocycles. The van der Waals surface area contributed by atoms with Crippen LogP contribution in [0, 0.1) is 0 Å². The van der Waals surface area contributed by atoms with Gasteiger partial charge in [0.25, 0.3) is 5.92 Å². The highest BCUT2D eigenvalue weighted by Gasteiger charge is 2.41. The number of nitrogens with zero attached hydrogens (tertiary/aromatic N) is 1. The zero-order valence-corrected chi connectivity index (χ0v) is 19.0. The van der Waals surface area contributed by atoms with Gasteiger partial charge in [-0.15, -0.1) is 0 Å². The van der Waals surface area contributed by atoms with Crippen LogP contribution in [-0.4, -0.2) is 39.5 Å². The Morgan fingerprint density at radius 3 is 2.56 bits per heavy atom. The third-order valence-electron chi connectivity index (χ3n) is 5.77. The van der Waals surface area contributed by atoms with Crippen LogP contribution in [0.4, 0.5) is 8.78 Å². The van der Waals surface area contributed by atoms with Gasteiger partial charge in [0.1, 0.15) is 0 Å². The zero-order chi connectivity index (χ0) is 23.2. The number of halogens is 4. The van der Waals surface area contributed by atoms with E-state index in [1.165, 1.54) is 6.08 Å². The van der Waals surface area contributed by atoms with Gasteiger partial charge in [0.05, 0.1) is 12.6 Å². The van der Waals surface area contributed by atoms with Crippen LogP contribution >= 0.6 is 23.2 Å². The summed E-state index contributed by atoms with van der Waals surface area (Å²) in [5.41, 5.74) is 3.82. The minimum absolute atomic E-state index is 0.184. The highest BCUT2D eigenvalue weighted by molar-refractivity contribution is 6.36. The lowest BCUT2D eigenvalue weighted by Crippen LogP contribution is -2.47. The molecular formula is C24H22Cl2F2N2O2. The van der Waals surface area contributed by atoms with Gasteiger partial charge < -0.3 is 10.1 Å². The number of carbonyl (C=O) groups is 1. The quantitative estimate of drug-likeness (QED) is 0.408. The molecule has 2 atom stereocenters. The molecule has 0 fully saturated rings. The van der Waals surface area contributed by atoms with E-state index < -0.39 is 24.5 Å². The van der Waals surface area contributed by atoms with Gasteiger partial charge in [-0.05, 0) is 48.7 Å². The van der Waals surface area contributed by atoms with Crippen LogP contribution in [0.15, 0.2) is 42.5 Å². The van der Waals surface area contributed by atoms with E-state index in [4.69, 9.17) is 28.3 Å². The first-order valence-electron chi connectivity index (χ1n) is 10.2. The summed E-state index contributed by atoms with van der Waals surface area (Å²) in [6.45, 7) is 2.37. The monoisotopic (exact) mass is 478 g/mol. The number of hydrogen-bond acceptors (Lipinski definition) is 2. The van der Waals surface area contributed by atoms with Crippen molar-refractivity contribution in [3.8, 4) is 0 Å². The maximum Gasteiger partial charge on any atom is 0.328 e. The van der Waals surface area contributed by atoms with Crippen LogP contribution in [0.1, 0.15) is 42.3 Å². The molecule has 4 nitrogen and oxygen atoms in total. The van der Waals surface area contributed by atoms with Gasteiger partial charge in [0, 0.05) is 51.2 Å². The lowest BCUT2D eigenvalue weighted by Gasteiger charge is -2.42. The summed E-state index contributed by atoms with van der Waals surface area (Å²) in [6, 6.07) is 10.3. The van der Waals surface area contributed by atoms with E-state index in [-0.39, 0.29) is 16.1 Å². The van der Waals surface area contributed by atoms with Crippen LogP contribution in [0.2, 0.25) is 10.0 Å². The number of benzene rings is 2. The first-order valence-corrected chi connectivity index (χ1v) is 10.9. The number of aromatic nitrogens is 1. The Hall–Kier alpha value is -2.41. The predicted octanol–water partition coefficient (Wildman–Crippen LogP) is 6.56. The molecule has 0 amide bonds. The van der Waals surface area contributed by atoms with Gasteiger partial charge in [0.15, 0.2) is 0 Å². The Bertz CT molecular complexity index is 1190. The minimum Gasteiger partial charge on any atom is -0.478 e. The van der Waals surface area contributed by atoms with Crippen LogP contribution in [0.5, 0.6) is 0 Å². The van der Waals surface area contributed by atoms with Crippen LogP contribution in [-0.2, 0) is 11.2 Å². The number of rotatable bonds is 5. The third kappa shape index (κ3) is 4.40. The standard InChI is InChI=1S/C24H22Cl2F2N2O2/c1-13-9-16-15-5-3-4-6-19(15)29-22(16)23(30(13)12-24(2,27)28)21-17(25)10-14(11-18(21)26)7-8-20(31)32/h3-8,10-11,13,23,29H,9,12H2,1-2H3,(H,31,32)/b8-7+/t13-,23-/m1/s1. The lowest BCUT2D eigenvalue weighted by atomic mass is 9.88. The number of carboxylic acids is 1. The van der Waals surface area contributed by atoms with Crippen LogP contribution in [0.3, 0.4) is 0 Å². The van der Waals surface area contributed by atoms with Gasteiger partial charge in [-0.25, -0.2) is 13.6 Å². The number of carboxylic acid groups (broad SMARTS) is 1. The summed E-state index contributed by atoms with van der Waals surface area (Å²) in [4.78, 5) is 16.0. The molecule has 8 heteroatoms. The van der Waals surface area contributed by atoms with Crippen molar-refractivity contribution in [3.05, 3.63) is 74.9 Å². The fourth-order valence-corrected chi connectivity index (χ4v) is 5.22. The SMILES string of the molecule is C[C@@H]1Cc2c([nH]c3ccccc23)[C@@H](c2c(Cl)cc(/C=C/C(=O)O)cc2Cl)N1CC(C)(F)F. The van der Waals surface area contributed by atoms with Gasteiger partial charge in [-0.1, -0.05) is 41.4 Å². The maximum atomic E-state index is 14.2. The molecular weight excluding hydrogens is 457 g/mol. The number of hydrogen-bond donors (Lipinski definition) is 2. The fraction of sp³-hybridized carbons (Fsp3) is 0.292. The number of nitrogens with one attached hydrogen (secondary N) is 1. The normalized spacial score (nSPS) is 19.6. The molecule has 0 saturated carbocycles. The highest BCUT2D eigenvalue weighted by atomic mass is 35.5. The number of alkyl halides is 2. The molecule has 0 spiro atoms. The molecule has 2 heterocycles. The third-order valence-corrected chi connectivity index (χ3v) is 6.40. The van der Waals surface area contributed by atoms with Crippen molar-refractivity contribution in [2.75, 3.05) is 6.54 Å². The number of fused-ring (bicyclic) bond motifs is 3. The topological polar surface area (TPSA) is 56.3 Å². The highest BCUT2D eigenvalue weighted by Crippen LogP contribution is 2.46. The van der Waals surface area contributed by atoms with Crippen molar-refractivity contribution in [1.29, 1.82) is 0 Å². The lowest BCUT2D eigenvalue weighted by molar-refractivity contribution is -0.131. The average molecular weight is 479 g/mol. The molecule has 1 aliphatic rings. The summed E-state index contributed by atoms with van der Waals surface area (Å²) in [7, 11) is 0. The molecule has 2 N–H and O–H groups in total. The number of H-pyrrole nitrogens is 1. The molecule has 1 aromatic heterocycles. The van der Waals surface area contributed by atoms with E-state index in [2.05, 4.69) is 4.98 Å². The van der Waals surface area contributed by atoms with Gasteiger partial charge >= 0.3 is 5.97 Å². The van der Waals surface area contributed by atoms with Crippen molar-refractivity contribution in [3.63, 3.8) is 0 Å². The Balaban J connectivity index is 1.92. The average Bonchev–Trinajstić information content (AvgIpc) is 3.05. The fourth-order valence-electron chi connectivity index (χ4n) is 4.51. The van der Waals surface area contributed by atoms with Crippen LogP contribution in [0.25, 0.3) is 17.0 Å². The van der Waals surface area contributed by atoms with Crippen molar-refractivity contribution in [2.45, 2.75) is 38.3 Å². The second-order valence-corrected chi connectivity index (χ2v) is 9.15. The molecule has 0 bridgehead atoms. The van der Waals surface area contributed by atoms with Crippen LogP contribution < -0.4 is 0 Å². The van der Waals surface area contributed by atoms with Crippen molar-refractivity contribution < 1.29 is 18.7 Å². The molecule has 4 rings (SSSR count). The summed E-state index contributed by atoms with van der Waals surface area (Å²) < 4.78 is 28.4. The van der Waals surface area contributed by atoms with Crippen molar-refractivity contribution >= 4 is 46.2 Å². The van der Waals surface area contributed by atoms with E-state index in [1.54, 1.807) is 17.0 Å². The Kier molecular flexibility index (Phi) is 6.05. The van der Waals surface area contributed by atoms with Gasteiger partial charge in [-0.3, -0.25) is 4.90 Å². The Morgan fingerprint density at radius 2 is 1.94 bits per heavy atom. The zero-order valence-electron chi connectivity index (χ0n) is 17.5. The van der Waals surface area contributed by atoms with E-state index in [0.29, 0.717) is 17.5 Å². The maximum absolute atomic E-state index is 14.2. The second-order valence-electron chi connectivity index (χ2n) is 8.33. The van der Waals surface area contributed by atoms with Gasteiger partial charge in [-0.2, -0.15) is 0 Å². The number of aromatic amines is 1. The molecule has 0 saturated heterocycles. The molecule has 0 aliphatic carbocycles. The minimum atomic E-state index is -2.92. The second kappa shape index (κ2) is 8.50. The predicted molar refractivity (Wildman–Crippen MR) is 124 cm³/mol. The van der Waals surface area contributed by atoms with Gasteiger partial charge in [0.2, 0.25) is 0 Å². The van der Waals surface area contributed by atoms with E-state index in [0.717, 1.165) is 35.2 Å². The van der Waals surface area contributed by atoms with Crippen molar-refractivity contribution in [1.82, 2.24) is 9.88 Å². The summed E-state index contributed by atoms with van der Waals surface area (Å²) in [6.07, 6.45) is 2.99. The molecule has 2 aromatic carbocycles. The molecule has 3 aromatic rings. The summed E-state index contributed by atoms with van der Waals surface area (Å²) in [5, 5.41) is 10.5. The number of para-hydroxylation sites is 1. The first-order chi connectivity index (χ1) is 15.0. The van der Waals surface area contributed by atoms with E-state index in [1.807, 2.05) is 31.2 Å². The van der Waals surface area contributed by atoms with Crippen molar-refractivity contribution in [2.24, 2.45) is 0 Å². The molecule has 0 radical (unpaired) electrons.